The number of aliphatic hydroxyl groups is 1. The van der Waals surface area contributed by atoms with Gasteiger partial charge < -0.3 is 10.4 Å². The maximum atomic E-state index is 14.3. The second-order valence-electron chi connectivity index (χ2n) is 4.81. The highest BCUT2D eigenvalue weighted by Gasteiger charge is 2.24. The van der Waals surface area contributed by atoms with Gasteiger partial charge in [0.15, 0.2) is 0 Å². The Morgan fingerprint density at radius 2 is 2.05 bits per heavy atom. The number of hydrogen-bond donors (Lipinski definition) is 2. The monoisotopic (exact) mass is 366 g/mol. The molecule has 1 aromatic carbocycles. The van der Waals surface area contributed by atoms with Crippen molar-refractivity contribution in [2.75, 3.05) is 32.8 Å². The lowest BCUT2D eigenvalue weighted by Crippen LogP contribution is -2.45. The molecular weight excluding hydrogens is 347 g/mol. The Labute approximate surface area is 134 Å². The Morgan fingerprint density at radius 3 is 2.70 bits per heavy atom. The van der Waals surface area contributed by atoms with Crippen LogP contribution in [-0.4, -0.2) is 42.8 Å². The number of hydrogen-bond acceptors (Lipinski definition) is 3. The number of aliphatic hydroxyl groups excluding tert-OH is 1. The fourth-order valence-corrected chi connectivity index (χ4v) is 2.97. The van der Waals surface area contributed by atoms with E-state index in [-0.39, 0.29) is 30.9 Å². The van der Waals surface area contributed by atoms with Gasteiger partial charge in [0.1, 0.15) is 5.82 Å². The Balaban J connectivity index is 0.00000200. The molecule has 0 unspecified atom stereocenters. The number of piperazine rings is 1. The van der Waals surface area contributed by atoms with Crippen molar-refractivity contribution in [1.82, 2.24) is 10.2 Å². The number of halogens is 3. The standard InChI is InChI=1S/C14H20BrFN2O.ClH/c15-12-4-1-3-11(14(12)16)13(5-2-10-19)18-8-6-17-7-9-18;/h1,3-4,13,17,19H,2,5-10H2;1H/t13-;/m1./s1. The van der Waals surface area contributed by atoms with Crippen LogP contribution in [0.15, 0.2) is 22.7 Å². The normalized spacial score (nSPS) is 17.6. The van der Waals surface area contributed by atoms with Crippen molar-refractivity contribution in [2.45, 2.75) is 18.9 Å². The number of rotatable bonds is 5. The molecule has 2 rings (SSSR count). The van der Waals surface area contributed by atoms with E-state index in [1.807, 2.05) is 12.1 Å². The van der Waals surface area contributed by atoms with E-state index in [4.69, 9.17) is 5.11 Å². The minimum atomic E-state index is -0.177. The molecule has 1 fully saturated rings. The third-order valence-corrected chi connectivity index (χ3v) is 4.18. The molecule has 6 heteroatoms. The first-order valence-electron chi connectivity index (χ1n) is 6.73. The first kappa shape index (κ1) is 17.9. The van der Waals surface area contributed by atoms with E-state index in [1.165, 1.54) is 0 Å². The summed E-state index contributed by atoms with van der Waals surface area (Å²) in [7, 11) is 0. The van der Waals surface area contributed by atoms with Crippen molar-refractivity contribution < 1.29 is 9.50 Å². The first-order chi connectivity index (χ1) is 9.24. The van der Waals surface area contributed by atoms with Crippen LogP contribution in [-0.2, 0) is 0 Å². The highest BCUT2D eigenvalue weighted by molar-refractivity contribution is 9.10. The van der Waals surface area contributed by atoms with Crippen LogP contribution < -0.4 is 5.32 Å². The molecule has 2 N–H and O–H groups in total. The molecule has 1 saturated heterocycles. The van der Waals surface area contributed by atoms with Gasteiger partial charge in [-0.2, -0.15) is 0 Å². The Morgan fingerprint density at radius 1 is 1.35 bits per heavy atom. The molecule has 3 nitrogen and oxygen atoms in total. The van der Waals surface area contributed by atoms with Gasteiger partial charge in [0.05, 0.1) is 4.47 Å². The second kappa shape index (κ2) is 8.95. The van der Waals surface area contributed by atoms with Crippen molar-refractivity contribution in [3.8, 4) is 0 Å². The average molecular weight is 368 g/mol. The highest BCUT2D eigenvalue weighted by atomic mass is 79.9. The minimum absolute atomic E-state index is 0. The quantitative estimate of drug-likeness (QED) is 0.840. The predicted octanol–water partition coefficient (Wildman–Crippen LogP) is 2.73. The van der Waals surface area contributed by atoms with Crippen molar-refractivity contribution in [3.05, 3.63) is 34.1 Å². The average Bonchev–Trinajstić information content (AvgIpc) is 2.45. The van der Waals surface area contributed by atoms with Crippen LogP contribution >= 0.6 is 28.3 Å². The SMILES string of the molecule is Cl.OCCC[C@H](c1cccc(Br)c1F)N1CCNCC1. The van der Waals surface area contributed by atoms with E-state index in [9.17, 15) is 4.39 Å². The summed E-state index contributed by atoms with van der Waals surface area (Å²) in [6, 6.07) is 5.49. The molecule has 1 aromatic rings. The highest BCUT2D eigenvalue weighted by Crippen LogP contribution is 2.31. The largest absolute Gasteiger partial charge is 0.396 e. The second-order valence-corrected chi connectivity index (χ2v) is 5.66. The van der Waals surface area contributed by atoms with Crippen LogP contribution in [0, 0.1) is 5.82 Å². The molecule has 0 amide bonds. The van der Waals surface area contributed by atoms with Gasteiger partial charge in [-0.25, -0.2) is 4.39 Å². The van der Waals surface area contributed by atoms with E-state index in [0.717, 1.165) is 38.2 Å². The van der Waals surface area contributed by atoms with Gasteiger partial charge in [0.25, 0.3) is 0 Å². The zero-order valence-corrected chi connectivity index (χ0v) is 13.7. The van der Waals surface area contributed by atoms with Crippen molar-refractivity contribution in [2.24, 2.45) is 0 Å². The van der Waals surface area contributed by atoms with E-state index in [1.54, 1.807) is 6.07 Å². The maximum absolute atomic E-state index is 14.3. The van der Waals surface area contributed by atoms with Gasteiger partial charge >= 0.3 is 0 Å². The minimum Gasteiger partial charge on any atom is -0.396 e. The lowest BCUT2D eigenvalue weighted by atomic mass is 9.99. The summed E-state index contributed by atoms with van der Waals surface area (Å²) < 4.78 is 14.8. The smallest absolute Gasteiger partial charge is 0.142 e. The van der Waals surface area contributed by atoms with Crippen LogP contribution in [0.25, 0.3) is 0 Å². The van der Waals surface area contributed by atoms with Gasteiger partial charge in [-0.3, -0.25) is 4.90 Å². The molecule has 20 heavy (non-hydrogen) atoms. The van der Waals surface area contributed by atoms with E-state index in [2.05, 4.69) is 26.1 Å². The van der Waals surface area contributed by atoms with E-state index >= 15 is 0 Å². The number of benzene rings is 1. The fraction of sp³-hybridized carbons (Fsp3) is 0.571. The van der Waals surface area contributed by atoms with E-state index in [0.29, 0.717) is 10.9 Å². The lowest BCUT2D eigenvalue weighted by Gasteiger charge is -2.35. The van der Waals surface area contributed by atoms with Crippen molar-refractivity contribution >= 4 is 28.3 Å². The lowest BCUT2D eigenvalue weighted by molar-refractivity contribution is 0.151. The summed E-state index contributed by atoms with van der Waals surface area (Å²) in [6.07, 6.45) is 1.48. The fourth-order valence-electron chi connectivity index (χ4n) is 2.59. The van der Waals surface area contributed by atoms with Crippen molar-refractivity contribution in [1.29, 1.82) is 0 Å². The van der Waals surface area contributed by atoms with Gasteiger partial charge in [0, 0.05) is 44.4 Å². The molecule has 0 aliphatic carbocycles. The third kappa shape index (κ3) is 4.40. The zero-order valence-electron chi connectivity index (χ0n) is 11.3. The van der Waals surface area contributed by atoms with Crippen molar-refractivity contribution in [3.63, 3.8) is 0 Å². The number of nitrogens with zero attached hydrogens (tertiary/aromatic N) is 1. The molecular formula is C14H21BrClFN2O. The van der Waals surface area contributed by atoms with Gasteiger partial charge in [-0.1, -0.05) is 12.1 Å². The molecule has 0 saturated carbocycles. The summed E-state index contributed by atoms with van der Waals surface area (Å²) in [4.78, 5) is 2.30. The third-order valence-electron chi connectivity index (χ3n) is 3.57. The number of nitrogens with one attached hydrogen (secondary N) is 1. The molecule has 1 atom stereocenters. The molecule has 1 aliphatic rings. The first-order valence-corrected chi connectivity index (χ1v) is 7.53. The van der Waals surface area contributed by atoms with Crippen LogP contribution in [0.2, 0.25) is 0 Å². The molecule has 0 radical (unpaired) electrons. The van der Waals surface area contributed by atoms with Crippen LogP contribution in [0.5, 0.6) is 0 Å². The molecule has 0 bridgehead atoms. The maximum Gasteiger partial charge on any atom is 0.142 e. The topological polar surface area (TPSA) is 35.5 Å². The summed E-state index contributed by atoms with van der Waals surface area (Å²) in [5.41, 5.74) is 0.727. The van der Waals surface area contributed by atoms with Gasteiger partial charge in [-0.15, -0.1) is 12.4 Å². The molecule has 0 spiro atoms. The van der Waals surface area contributed by atoms with E-state index < -0.39 is 0 Å². The van der Waals surface area contributed by atoms with Crippen LogP contribution in [0.1, 0.15) is 24.4 Å². The zero-order chi connectivity index (χ0) is 13.7. The molecule has 1 heterocycles. The summed E-state index contributed by atoms with van der Waals surface area (Å²) in [5, 5.41) is 12.4. The Hall–Kier alpha value is -0.200. The Bertz CT molecular complexity index is 416. The van der Waals surface area contributed by atoms with Gasteiger partial charge in [0.2, 0.25) is 0 Å². The Kier molecular flexibility index (Phi) is 7.99. The predicted molar refractivity (Wildman–Crippen MR) is 84.9 cm³/mol. The summed E-state index contributed by atoms with van der Waals surface area (Å²) in [5.74, 6) is -0.177. The molecule has 0 aromatic heterocycles. The molecule has 1 aliphatic heterocycles. The van der Waals surface area contributed by atoms with Gasteiger partial charge in [-0.05, 0) is 34.8 Å². The summed E-state index contributed by atoms with van der Waals surface area (Å²) >= 11 is 3.25. The molecule has 114 valence electrons. The summed E-state index contributed by atoms with van der Waals surface area (Å²) in [6.45, 7) is 3.86. The van der Waals surface area contributed by atoms with Crippen LogP contribution in [0.4, 0.5) is 4.39 Å². The van der Waals surface area contributed by atoms with Crippen LogP contribution in [0.3, 0.4) is 0 Å².